The van der Waals surface area contributed by atoms with Crippen molar-refractivity contribution < 1.29 is 4.74 Å². The monoisotopic (exact) mass is 199 g/mol. The molecule has 2 heterocycles. The van der Waals surface area contributed by atoms with Crippen LogP contribution in [0, 0.1) is 6.07 Å². The first kappa shape index (κ1) is 8.53. The summed E-state index contributed by atoms with van der Waals surface area (Å²) in [5, 5.41) is 4.39. The predicted octanol–water partition coefficient (Wildman–Crippen LogP) is 2.23. The van der Waals surface area contributed by atoms with E-state index in [9.17, 15) is 0 Å². The van der Waals surface area contributed by atoms with Crippen molar-refractivity contribution in [2.24, 2.45) is 0 Å². The summed E-state index contributed by atoms with van der Waals surface area (Å²) in [6.07, 6.45) is 0. The minimum atomic E-state index is 0.315. The number of nitrogens with one attached hydrogen (secondary N) is 1. The van der Waals surface area contributed by atoms with E-state index in [1.54, 1.807) is 0 Å². The Kier molecular flexibility index (Phi) is 1.78. The number of nitrogens with zero attached hydrogens (tertiary/aromatic N) is 1. The molecule has 1 N–H and O–H groups in total. The average molecular weight is 199 g/mol. The third-order valence-electron chi connectivity index (χ3n) is 2.50. The van der Waals surface area contributed by atoms with E-state index >= 15 is 0 Å². The number of hydrogen-bond acceptors (Lipinski definition) is 3. The molecule has 0 spiro atoms. The first-order valence-corrected chi connectivity index (χ1v) is 5.03. The average Bonchev–Trinajstić information content (AvgIpc) is 2.26. The minimum absolute atomic E-state index is 0.315. The van der Waals surface area contributed by atoms with Crippen LogP contribution in [-0.4, -0.2) is 17.6 Å². The zero-order valence-corrected chi connectivity index (χ0v) is 8.45. The molecule has 0 saturated heterocycles. The second kappa shape index (κ2) is 3.12. The molecule has 0 aliphatic carbocycles. The molecule has 1 aromatic heterocycles. The van der Waals surface area contributed by atoms with Crippen molar-refractivity contribution in [3.8, 4) is 5.75 Å². The highest BCUT2D eigenvalue weighted by atomic mass is 16.5. The highest BCUT2D eigenvalue weighted by Gasteiger charge is 2.16. The highest BCUT2D eigenvalue weighted by Crippen LogP contribution is 2.30. The molecule has 1 aromatic carbocycles. The van der Waals surface area contributed by atoms with Crippen molar-refractivity contribution in [1.82, 2.24) is 4.98 Å². The molecule has 3 heteroatoms. The fourth-order valence-electron chi connectivity index (χ4n) is 1.74. The lowest BCUT2D eigenvalue weighted by molar-refractivity contribution is 0.290. The van der Waals surface area contributed by atoms with Crippen LogP contribution in [0.5, 0.6) is 5.75 Å². The molecular formula is C12H11N2O. The topological polar surface area (TPSA) is 34.1 Å². The lowest BCUT2D eigenvalue weighted by Gasteiger charge is -2.24. The number of benzene rings is 1. The van der Waals surface area contributed by atoms with Gasteiger partial charge in [-0.15, -0.1) is 0 Å². The number of hydrogen-bond donors (Lipinski definition) is 1. The number of anilines is 1. The normalized spacial score (nSPS) is 19.1. The van der Waals surface area contributed by atoms with Gasteiger partial charge in [0.1, 0.15) is 6.61 Å². The van der Waals surface area contributed by atoms with Crippen molar-refractivity contribution in [1.29, 1.82) is 0 Å². The van der Waals surface area contributed by atoms with Crippen LogP contribution in [0.15, 0.2) is 24.3 Å². The molecule has 3 rings (SSSR count). The maximum absolute atomic E-state index is 5.61. The second-order valence-corrected chi connectivity index (χ2v) is 3.81. The Morgan fingerprint density at radius 3 is 3.47 bits per heavy atom. The van der Waals surface area contributed by atoms with Crippen LogP contribution in [0.2, 0.25) is 0 Å². The number of ether oxygens (including phenoxy) is 1. The van der Waals surface area contributed by atoms with Crippen molar-refractivity contribution in [3.63, 3.8) is 0 Å². The molecular weight excluding hydrogens is 188 g/mol. The van der Waals surface area contributed by atoms with E-state index in [0.717, 1.165) is 22.5 Å². The largest absolute Gasteiger partial charge is 0.488 e. The first-order valence-electron chi connectivity index (χ1n) is 5.03. The molecule has 1 aliphatic rings. The van der Waals surface area contributed by atoms with E-state index in [0.29, 0.717) is 12.6 Å². The third kappa shape index (κ3) is 1.40. The summed E-state index contributed by atoms with van der Waals surface area (Å²) in [7, 11) is 0. The summed E-state index contributed by atoms with van der Waals surface area (Å²) in [5.74, 6) is 1.67. The van der Waals surface area contributed by atoms with Crippen LogP contribution in [0.1, 0.15) is 6.92 Å². The quantitative estimate of drug-likeness (QED) is 0.706. The van der Waals surface area contributed by atoms with E-state index in [-0.39, 0.29) is 0 Å². The zero-order valence-electron chi connectivity index (χ0n) is 8.45. The zero-order chi connectivity index (χ0) is 10.3. The molecule has 2 aromatic rings. The van der Waals surface area contributed by atoms with Crippen molar-refractivity contribution in [2.75, 3.05) is 11.9 Å². The van der Waals surface area contributed by atoms with E-state index in [2.05, 4.69) is 23.3 Å². The summed E-state index contributed by atoms with van der Waals surface area (Å²) in [5.41, 5.74) is 0.946. The number of pyridine rings is 1. The molecule has 0 amide bonds. The molecule has 1 atom stereocenters. The Bertz CT molecular complexity index is 510. The standard InChI is InChI=1S/C12H11N2O/c1-8-7-15-11-6-9-4-2-3-5-10(9)14-12(11)13-8/h2,4-6,8H,7H2,1H3,(H,13,14)/t8-/m1/s1. The smallest absolute Gasteiger partial charge is 0.169 e. The summed E-state index contributed by atoms with van der Waals surface area (Å²) in [4.78, 5) is 4.50. The molecule has 1 radical (unpaired) electrons. The number of fused-ring (bicyclic) bond motifs is 2. The Labute approximate surface area is 88.1 Å². The van der Waals surface area contributed by atoms with Crippen LogP contribution >= 0.6 is 0 Å². The summed E-state index contributed by atoms with van der Waals surface area (Å²) in [6.45, 7) is 2.77. The van der Waals surface area contributed by atoms with Crippen LogP contribution in [0.25, 0.3) is 10.9 Å². The van der Waals surface area contributed by atoms with Gasteiger partial charge >= 0.3 is 0 Å². The molecule has 0 fully saturated rings. The van der Waals surface area contributed by atoms with Gasteiger partial charge in [-0.2, -0.15) is 0 Å². The molecule has 3 nitrogen and oxygen atoms in total. The Balaban J connectivity index is 2.20. The lowest BCUT2D eigenvalue weighted by atomic mass is 10.2. The minimum Gasteiger partial charge on any atom is -0.488 e. The lowest BCUT2D eigenvalue weighted by Crippen LogP contribution is -2.28. The van der Waals surface area contributed by atoms with Crippen LogP contribution in [0.4, 0.5) is 5.82 Å². The molecule has 0 saturated carbocycles. The fourth-order valence-corrected chi connectivity index (χ4v) is 1.74. The van der Waals surface area contributed by atoms with Gasteiger partial charge in [0.2, 0.25) is 0 Å². The summed E-state index contributed by atoms with van der Waals surface area (Å²) in [6, 6.07) is 11.1. The molecule has 15 heavy (non-hydrogen) atoms. The van der Waals surface area contributed by atoms with Crippen molar-refractivity contribution in [3.05, 3.63) is 30.3 Å². The van der Waals surface area contributed by atoms with Gasteiger partial charge in [-0.1, -0.05) is 12.1 Å². The van der Waals surface area contributed by atoms with Gasteiger partial charge in [0.05, 0.1) is 11.6 Å². The van der Waals surface area contributed by atoms with Crippen molar-refractivity contribution in [2.45, 2.75) is 13.0 Å². The van der Waals surface area contributed by atoms with E-state index in [1.165, 1.54) is 0 Å². The maximum Gasteiger partial charge on any atom is 0.169 e. The van der Waals surface area contributed by atoms with Gasteiger partial charge in [0.25, 0.3) is 0 Å². The van der Waals surface area contributed by atoms with Crippen LogP contribution in [-0.2, 0) is 0 Å². The molecule has 75 valence electrons. The number of aromatic nitrogens is 1. The van der Waals surface area contributed by atoms with Gasteiger partial charge < -0.3 is 10.1 Å². The van der Waals surface area contributed by atoms with E-state index < -0.39 is 0 Å². The van der Waals surface area contributed by atoms with Gasteiger partial charge in [0, 0.05) is 5.39 Å². The van der Waals surface area contributed by atoms with Crippen LogP contribution in [0.3, 0.4) is 0 Å². The summed E-state index contributed by atoms with van der Waals surface area (Å²) < 4.78 is 5.61. The molecule has 0 unspecified atom stereocenters. The van der Waals surface area contributed by atoms with Gasteiger partial charge in [-0.3, -0.25) is 0 Å². The Hall–Kier alpha value is -1.77. The highest BCUT2D eigenvalue weighted by molar-refractivity contribution is 5.83. The van der Waals surface area contributed by atoms with Gasteiger partial charge in [-0.05, 0) is 25.1 Å². The van der Waals surface area contributed by atoms with Gasteiger partial charge in [0.15, 0.2) is 11.6 Å². The van der Waals surface area contributed by atoms with E-state index in [1.807, 2.05) is 24.3 Å². The Morgan fingerprint density at radius 1 is 1.60 bits per heavy atom. The summed E-state index contributed by atoms with van der Waals surface area (Å²) >= 11 is 0. The van der Waals surface area contributed by atoms with Crippen molar-refractivity contribution >= 4 is 16.7 Å². The molecule has 1 aliphatic heterocycles. The second-order valence-electron chi connectivity index (χ2n) is 3.81. The third-order valence-corrected chi connectivity index (χ3v) is 2.50. The Morgan fingerprint density at radius 2 is 2.53 bits per heavy atom. The first-order chi connectivity index (χ1) is 7.33. The fraction of sp³-hybridized carbons (Fsp3) is 0.250. The van der Waals surface area contributed by atoms with Crippen LogP contribution < -0.4 is 10.1 Å². The number of rotatable bonds is 0. The SMILES string of the molecule is C[C@@H]1COc2cc3cc[c]cc3nc2N1. The van der Waals surface area contributed by atoms with E-state index in [4.69, 9.17) is 4.74 Å². The maximum atomic E-state index is 5.61. The van der Waals surface area contributed by atoms with Gasteiger partial charge in [-0.25, -0.2) is 4.98 Å². The predicted molar refractivity (Wildman–Crippen MR) is 59.2 cm³/mol. The molecule has 0 bridgehead atoms.